The van der Waals surface area contributed by atoms with Crippen LogP contribution in [0, 0.1) is 0 Å². The van der Waals surface area contributed by atoms with E-state index in [4.69, 9.17) is 0 Å². The molecule has 1 aliphatic heterocycles. The molecule has 1 saturated heterocycles. The van der Waals surface area contributed by atoms with Crippen LogP contribution in [-0.2, 0) is 6.42 Å². The number of hydrogen-bond acceptors (Lipinski definition) is 4. The number of thioether (sulfide) groups is 1. The Labute approximate surface area is 146 Å². The zero-order chi connectivity index (χ0) is 16.8. The Morgan fingerprint density at radius 2 is 2.12 bits per heavy atom. The highest BCUT2D eigenvalue weighted by molar-refractivity contribution is 8.00. The van der Waals surface area contributed by atoms with E-state index in [1.807, 2.05) is 42.1 Å². The Kier molecular flexibility index (Phi) is 5.35. The summed E-state index contributed by atoms with van der Waals surface area (Å²) in [6, 6.07) is 11.5. The smallest absolute Gasteiger partial charge is 0.320 e. The molecule has 0 saturated carbocycles. The maximum absolute atomic E-state index is 12.1. The van der Waals surface area contributed by atoms with Crippen LogP contribution in [0.4, 0.5) is 10.6 Å². The van der Waals surface area contributed by atoms with Crippen molar-refractivity contribution in [1.29, 1.82) is 0 Å². The van der Waals surface area contributed by atoms with Crippen LogP contribution in [0.25, 0.3) is 0 Å². The molecule has 1 atom stereocenters. The number of anilines is 1. The van der Waals surface area contributed by atoms with E-state index in [1.165, 1.54) is 12.2 Å². The van der Waals surface area contributed by atoms with E-state index in [9.17, 15) is 4.79 Å². The third-order valence-electron chi connectivity index (χ3n) is 4.08. The van der Waals surface area contributed by atoms with Gasteiger partial charge in [0.25, 0.3) is 0 Å². The van der Waals surface area contributed by atoms with Crippen molar-refractivity contribution in [3.05, 3.63) is 54.0 Å². The van der Waals surface area contributed by atoms with Crippen molar-refractivity contribution in [2.45, 2.75) is 30.9 Å². The molecule has 0 bridgehead atoms. The highest BCUT2D eigenvalue weighted by Crippen LogP contribution is 2.36. The van der Waals surface area contributed by atoms with Crippen molar-refractivity contribution >= 4 is 23.6 Å². The zero-order valence-electron chi connectivity index (χ0n) is 13.8. The number of carbonyl (C=O) groups excluding carboxylic acids is 1. The number of hydrogen-bond donors (Lipinski definition) is 2. The highest BCUT2D eigenvalue weighted by Gasteiger charge is 2.29. The first-order chi connectivity index (χ1) is 11.6. The number of rotatable bonds is 5. The summed E-state index contributed by atoms with van der Waals surface area (Å²) in [5, 5.41) is 5.75. The van der Waals surface area contributed by atoms with Gasteiger partial charge >= 0.3 is 6.03 Å². The van der Waals surface area contributed by atoms with Crippen LogP contribution in [0.1, 0.15) is 31.2 Å². The lowest BCUT2D eigenvalue weighted by atomic mass is 10.1. The van der Waals surface area contributed by atoms with Crippen LogP contribution < -0.4 is 10.6 Å². The van der Waals surface area contributed by atoms with Gasteiger partial charge in [-0.1, -0.05) is 30.3 Å². The van der Waals surface area contributed by atoms with E-state index in [0.717, 1.165) is 12.0 Å². The molecule has 2 N–H and O–H groups in total. The summed E-state index contributed by atoms with van der Waals surface area (Å²) in [6.45, 7) is 2.87. The van der Waals surface area contributed by atoms with E-state index in [2.05, 4.69) is 27.5 Å². The van der Waals surface area contributed by atoms with Crippen molar-refractivity contribution < 1.29 is 4.79 Å². The summed E-state index contributed by atoms with van der Waals surface area (Å²) in [4.78, 5) is 20.8. The van der Waals surface area contributed by atoms with E-state index < -0.39 is 0 Å². The monoisotopic (exact) mass is 342 g/mol. The molecule has 24 heavy (non-hydrogen) atoms. The number of urea groups is 1. The maximum Gasteiger partial charge on any atom is 0.320 e. The van der Waals surface area contributed by atoms with Crippen molar-refractivity contribution in [1.82, 2.24) is 15.3 Å². The first kappa shape index (κ1) is 16.8. The fraction of sp³-hybridized carbons (Fsp3) is 0.389. The summed E-state index contributed by atoms with van der Waals surface area (Å²) < 4.78 is 0.154. The fourth-order valence-corrected chi connectivity index (χ4v) is 3.98. The Balaban J connectivity index is 1.55. The molecule has 2 aromatic rings. The SMILES string of the molecule is C[C@]1(CNC(=O)Nc2ccnc(Cc3ccccc3)n2)CCCS1. The Bertz CT molecular complexity index is 686. The molecular weight excluding hydrogens is 320 g/mol. The molecule has 2 amide bonds. The lowest BCUT2D eigenvalue weighted by Crippen LogP contribution is -2.39. The molecule has 1 aromatic carbocycles. The fourth-order valence-electron chi connectivity index (χ4n) is 2.74. The molecular formula is C18H22N4OS. The van der Waals surface area contributed by atoms with Gasteiger partial charge in [0.2, 0.25) is 0 Å². The van der Waals surface area contributed by atoms with Gasteiger partial charge in [-0.05, 0) is 37.1 Å². The normalized spacial score (nSPS) is 19.9. The van der Waals surface area contributed by atoms with Crippen molar-refractivity contribution in [3.8, 4) is 0 Å². The largest absolute Gasteiger partial charge is 0.336 e. The van der Waals surface area contributed by atoms with Gasteiger partial charge in [0.1, 0.15) is 11.6 Å². The second-order valence-corrected chi connectivity index (χ2v) is 7.91. The molecule has 2 heterocycles. The van der Waals surface area contributed by atoms with Gasteiger partial charge in [0.05, 0.1) is 0 Å². The summed E-state index contributed by atoms with van der Waals surface area (Å²) >= 11 is 1.93. The van der Waals surface area contributed by atoms with E-state index in [0.29, 0.717) is 24.6 Å². The van der Waals surface area contributed by atoms with Crippen LogP contribution in [-0.4, -0.2) is 33.0 Å². The number of amides is 2. The molecule has 6 heteroatoms. The van der Waals surface area contributed by atoms with Gasteiger partial charge in [-0.25, -0.2) is 14.8 Å². The highest BCUT2D eigenvalue weighted by atomic mass is 32.2. The van der Waals surface area contributed by atoms with Gasteiger partial charge in [-0.3, -0.25) is 5.32 Å². The molecule has 5 nitrogen and oxygen atoms in total. The first-order valence-electron chi connectivity index (χ1n) is 8.18. The first-order valence-corrected chi connectivity index (χ1v) is 9.16. The average Bonchev–Trinajstić information content (AvgIpc) is 3.02. The third kappa shape index (κ3) is 4.71. The lowest BCUT2D eigenvalue weighted by Gasteiger charge is -2.22. The Hall–Kier alpha value is -2.08. The van der Waals surface area contributed by atoms with Gasteiger partial charge in [-0.2, -0.15) is 11.8 Å². The number of nitrogens with zero attached hydrogens (tertiary/aromatic N) is 2. The summed E-state index contributed by atoms with van der Waals surface area (Å²) in [6.07, 6.45) is 4.69. The minimum absolute atomic E-state index is 0.154. The number of nitrogens with one attached hydrogen (secondary N) is 2. The molecule has 3 rings (SSSR count). The summed E-state index contributed by atoms with van der Waals surface area (Å²) in [5.74, 6) is 2.39. The average molecular weight is 342 g/mol. The second-order valence-electron chi connectivity index (χ2n) is 6.23. The predicted molar refractivity (Wildman–Crippen MR) is 98.4 cm³/mol. The number of carbonyl (C=O) groups is 1. The molecule has 0 unspecified atom stereocenters. The van der Waals surface area contributed by atoms with Crippen LogP contribution >= 0.6 is 11.8 Å². The number of benzene rings is 1. The van der Waals surface area contributed by atoms with Gasteiger partial charge < -0.3 is 5.32 Å². The summed E-state index contributed by atoms with van der Waals surface area (Å²) in [7, 11) is 0. The molecule has 0 aliphatic carbocycles. The predicted octanol–water partition coefficient (Wildman–Crippen LogP) is 3.47. The minimum Gasteiger partial charge on any atom is -0.336 e. The maximum atomic E-state index is 12.1. The van der Waals surface area contributed by atoms with Gasteiger partial charge in [-0.15, -0.1) is 0 Å². The number of aromatic nitrogens is 2. The van der Waals surface area contributed by atoms with Crippen LogP contribution in [0.15, 0.2) is 42.6 Å². The zero-order valence-corrected chi connectivity index (χ0v) is 14.6. The molecule has 0 spiro atoms. The van der Waals surface area contributed by atoms with Crippen LogP contribution in [0.2, 0.25) is 0 Å². The standard InChI is InChI=1S/C18H22N4OS/c1-18(9-5-11-24-18)13-20-17(23)22-15-8-10-19-16(21-15)12-14-6-3-2-4-7-14/h2-4,6-8,10H,5,9,11-13H2,1H3,(H2,19,20,21,22,23)/t18-/m1/s1. The quantitative estimate of drug-likeness (QED) is 0.873. The summed E-state index contributed by atoms with van der Waals surface area (Å²) in [5.41, 5.74) is 1.14. The van der Waals surface area contributed by atoms with E-state index in [-0.39, 0.29) is 10.8 Å². The van der Waals surface area contributed by atoms with Crippen molar-refractivity contribution in [2.75, 3.05) is 17.6 Å². The van der Waals surface area contributed by atoms with Crippen LogP contribution in [0.3, 0.4) is 0 Å². The molecule has 1 fully saturated rings. The third-order valence-corrected chi connectivity index (χ3v) is 5.61. The topological polar surface area (TPSA) is 66.9 Å². The van der Waals surface area contributed by atoms with Crippen molar-refractivity contribution in [2.24, 2.45) is 0 Å². The lowest BCUT2D eigenvalue weighted by molar-refractivity contribution is 0.251. The van der Waals surface area contributed by atoms with Crippen molar-refractivity contribution in [3.63, 3.8) is 0 Å². The van der Waals surface area contributed by atoms with E-state index >= 15 is 0 Å². The minimum atomic E-state index is -0.215. The van der Waals surface area contributed by atoms with Gasteiger partial charge in [0, 0.05) is 23.9 Å². The second kappa shape index (κ2) is 7.66. The molecule has 1 aliphatic rings. The Morgan fingerprint density at radius 3 is 2.88 bits per heavy atom. The van der Waals surface area contributed by atoms with E-state index in [1.54, 1.807) is 12.3 Å². The Morgan fingerprint density at radius 1 is 1.29 bits per heavy atom. The molecule has 126 valence electrons. The molecule has 1 aromatic heterocycles. The van der Waals surface area contributed by atoms with Crippen LogP contribution in [0.5, 0.6) is 0 Å². The molecule has 0 radical (unpaired) electrons. The van der Waals surface area contributed by atoms with Gasteiger partial charge in [0.15, 0.2) is 0 Å².